The molecule has 1 N–H and O–H groups in total. The minimum absolute atomic E-state index is 0.0520. The molecule has 1 saturated heterocycles. The number of amides is 2. The number of rotatable bonds is 8. The first kappa shape index (κ1) is 20.5. The maximum atomic E-state index is 12.7. The third kappa shape index (κ3) is 6.41. The quantitative estimate of drug-likeness (QED) is 0.745. The molecule has 2 amide bonds. The Kier molecular flexibility index (Phi) is 7.97. The third-order valence-corrected chi connectivity index (χ3v) is 6.13. The van der Waals surface area contributed by atoms with Crippen molar-refractivity contribution in [2.24, 2.45) is 0 Å². The molecule has 0 aliphatic carbocycles. The fourth-order valence-electron chi connectivity index (χ4n) is 3.41. The van der Waals surface area contributed by atoms with Crippen LogP contribution in [0.4, 0.5) is 0 Å². The molecule has 5 heteroatoms. The van der Waals surface area contributed by atoms with Gasteiger partial charge in [-0.3, -0.25) is 9.59 Å². The molecule has 0 spiro atoms. The summed E-state index contributed by atoms with van der Waals surface area (Å²) < 4.78 is 0. The summed E-state index contributed by atoms with van der Waals surface area (Å²) in [7, 11) is 0. The highest BCUT2D eigenvalue weighted by molar-refractivity contribution is 7.99. The van der Waals surface area contributed by atoms with Crippen LogP contribution in [0, 0.1) is 0 Å². The Morgan fingerprint density at radius 2 is 1.54 bits per heavy atom. The zero-order chi connectivity index (χ0) is 19.6. The molecule has 0 radical (unpaired) electrons. The van der Waals surface area contributed by atoms with Crippen LogP contribution in [0.25, 0.3) is 0 Å². The molecule has 1 heterocycles. The first-order valence-electron chi connectivity index (χ1n) is 9.94. The van der Waals surface area contributed by atoms with Gasteiger partial charge in [-0.25, -0.2) is 0 Å². The fraction of sp³-hybridized carbons (Fsp3) is 0.391. The zero-order valence-electron chi connectivity index (χ0n) is 16.2. The summed E-state index contributed by atoms with van der Waals surface area (Å²) in [4.78, 5) is 26.9. The molecule has 1 fully saturated rings. The standard InChI is InChI=1S/C23H28N2O2S/c26-22(13-11-19-7-3-1-4-8-19)24-17-21-18-28-16-15-25(21)23(27)14-12-20-9-5-2-6-10-20/h1-10,21H,11-18H2,(H,24,26)/t21-/m0/s1. The Hall–Kier alpha value is -2.27. The van der Waals surface area contributed by atoms with Crippen molar-refractivity contribution in [3.05, 3.63) is 71.8 Å². The normalized spacial score (nSPS) is 16.6. The van der Waals surface area contributed by atoms with E-state index in [1.165, 1.54) is 11.1 Å². The third-order valence-electron chi connectivity index (χ3n) is 5.04. The fourth-order valence-corrected chi connectivity index (χ4v) is 4.48. The van der Waals surface area contributed by atoms with Crippen molar-refractivity contribution in [1.29, 1.82) is 0 Å². The SMILES string of the molecule is O=C(CCc1ccccc1)NC[C@H]1CSCCN1C(=O)CCc1ccccc1. The number of benzene rings is 2. The minimum atomic E-state index is 0.0520. The topological polar surface area (TPSA) is 49.4 Å². The van der Waals surface area contributed by atoms with Crippen LogP contribution in [0.1, 0.15) is 24.0 Å². The molecule has 0 unspecified atom stereocenters. The second-order valence-electron chi connectivity index (χ2n) is 7.09. The van der Waals surface area contributed by atoms with Crippen LogP contribution in [-0.2, 0) is 22.4 Å². The van der Waals surface area contributed by atoms with Crippen molar-refractivity contribution < 1.29 is 9.59 Å². The monoisotopic (exact) mass is 396 g/mol. The number of thioether (sulfide) groups is 1. The molecule has 4 nitrogen and oxygen atoms in total. The average Bonchev–Trinajstić information content (AvgIpc) is 2.76. The minimum Gasteiger partial charge on any atom is -0.354 e. The predicted octanol–water partition coefficient (Wildman–Crippen LogP) is 3.31. The number of nitrogens with zero attached hydrogens (tertiary/aromatic N) is 1. The van der Waals surface area contributed by atoms with Gasteiger partial charge in [-0.2, -0.15) is 11.8 Å². The van der Waals surface area contributed by atoms with Crippen LogP contribution in [0.5, 0.6) is 0 Å². The molecule has 2 aromatic carbocycles. The van der Waals surface area contributed by atoms with Gasteiger partial charge in [0.15, 0.2) is 0 Å². The highest BCUT2D eigenvalue weighted by Crippen LogP contribution is 2.18. The molecular weight excluding hydrogens is 368 g/mol. The lowest BCUT2D eigenvalue weighted by atomic mass is 10.1. The van der Waals surface area contributed by atoms with E-state index in [1.54, 1.807) is 0 Å². The molecule has 3 rings (SSSR count). The van der Waals surface area contributed by atoms with Crippen molar-refractivity contribution in [3.8, 4) is 0 Å². The van der Waals surface area contributed by atoms with Crippen LogP contribution in [0.3, 0.4) is 0 Å². The zero-order valence-corrected chi connectivity index (χ0v) is 17.0. The summed E-state index contributed by atoms with van der Waals surface area (Å²) in [5.41, 5.74) is 2.36. The van der Waals surface area contributed by atoms with Crippen LogP contribution < -0.4 is 5.32 Å². The number of hydrogen-bond acceptors (Lipinski definition) is 3. The molecule has 0 saturated carbocycles. The summed E-state index contributed by atoms with van der Waals surface area (Å²) >= 11 is 1.86. The Morgan fingerprint density at radius 1 is 0.929 bits per heavy atom. The summed E-state index contributed by atoms with van der Waals surface area (Å²) in [6.45, 7) is 1.31. The Balaban J connectivity index is 1.44. The first-order valence-corrected chi connectivity index (χ1v) is 11.1. The predicted molar refractivity (Wildman–Crippen MR) is 115 cm³/mol. The maximum absolute atomic E-state index is 12.7. The van der Waals surface area contributed by atoms with Crippen molar-refractivity contribution >= 4 is 23.6 Å². The summed E-state index contributed by atoms with van der Waals surface area (Å²) in [5, 5.41) is 3.04. The number of nitrogens with one attached hydrogen (secondary N) is 1. The molecular formula is C23H28N2O2S. The van der Waals surface area contributed by atoms with E-state index in [0.29, 0.717) is 19.4 Å². The lowest BCUT2D eigenvalue weighted by molar-refractivity contribution is -0.133. The van der Waals surface area contributed by atoms with E-state index in [-0.39, 0.29) is 17.9 Å². The summed E-state index contributed by atoms with van der Waals surface area (Å²) in [6, 6.07) is 20.2. The molecule has 0 bridgehead atoms. The summed E-state index contributed by atoms with van der Waals surface area (Å²) in [5.74, 6) is 2.09. The second kappa shape index (κ2) is 10.9. The number of carbonyl (C=O) groups is 2. The van der Waals surface area contributed by atoms with E-state index < -0.39 is 0 Å². The molecule has 148 valence electrons. The van der Waals surface area contributed by atoms with Gasteiger partial charge in [0, 0.05) is 37.4 Å². The molecule has 0 aromatic heterocycles. The van der Waals surface area contributed by atoms with Crippen molar-refractivity contribution in [2.45, 2.75) is 31.7 Å². The molecule has 1 atom stereocenters. The molecule has 2 aromatic rings. The van der Waals surface area contributed by atoms with Gasteiger partial charge < -0.3 is 10.2 Å². The van der Waals surface area contributed by atoms with Gasteiger partial charge in [0.2, 0.25) is 11.8 Å². The van der Waals surface area contributed by atoms with E-state index >= 15 is 0 Å². The van der Waals surface area contributed by atoms with Crippen LogP contribution in [0.15, 0.2) is 60.7 Å². The number of carbonyl (C=O) groups excluding carboxylic acids is 2. The van der Waals surface area contributed by atoms with E-state index in [2.05, 4.69) is 17.4 Å². The number of hydrogen-bond donors (Lipinski definition) is 1. The second-order valence-corrected chi connectivity index (χ2v) is 8.24. The van der Waals surface area contributed by atoms with Crippen molar-refractivity contribution in [2.75, 3.05) is 24.6 Å². The average molecular weight is 397 g/mol. The lowest BCUT2D eigenvalue weighted by Crippen LogP contribution is -2.51. The molecule has 1 aliphatic rings. The van der Waals surface area contributed by atoms with E-state index in [1.807, 2.05) is 65.2 Å². The van der Waals surface area contributed by atoms with Crippen LogP contribution >= 0.6 is 11.8 Å². The van der Waals surface area contributed by atoms with Crippen LogP contribution in [-0.4, -0.2) is 47.4 Å². The van der Waals surface area contributed by atoms with Gasteiger partial charge in [-0.1, -0.05) is 60.7 Å². The molecule has 1 aliphatic heterocycles. The largest absolute Gasteiger partial charge is 0.354 e. The highest BCUT2D eigenvalue weighted by Gasteiger charge is 2.27. The molecule has 28 heavy (non-hydrogen) atoms. The number of aryl methyl sites for hydroxylation is 2. The van der Waals surface area contributed by atoms with Gasteiger partial charge in [-0.15, -0.1) is 0 Å². The summed E-state index contributed by atoms with van der Waals surface area (Å²) in [6.07, 6.45) is 2.50. The Labute approximate surface area is 171 Å². The Bertz CT molecular complexity index is 752. The van der Waals surface area contributed by atoms with Crippen molar-refractivity contribution in [3.63, 3.8) is 0 Å². The van der Waals surface area contributed by atoms with E-state index in [9.17, 15) is 9.59 Å². The Morgan fingerprint density at radius 3 is 2.18 bits per heavy atom. The van der Waals surface area contributed by atoms with Gasteiger partial charge in [0.05, 0.1) is 6.04 Å². The van der Waals surface area contributed by atoms with Gasteiger partial charge >= 0.3 is 0 Å². The highest BCUT2D eigenvalue weighted by atomic mass is 32.2. The maximum Gasteiger partial charge on any atom is 0.223 e. The lowest BCUT2D eigenvalue weighted by Gasteiger charge is -2.35. The van der Waals surface area contributed by atoms with E-state index in [4.69, 9.17) is 0 Å². The van der Waals surface area contributed by atoms with Gasteiger partial charge in [-0.05, 0) is 24.0 Å². The van der Waals surface area contributed by atoms with Gasteiger partial charge in [0.25, 0.3) is 0 Å². The van der Waals surface area contributed by atoms with Gasteiger partial charge in [0.1, 0.15) is 0 Å². The van der Waals surface area contributed by atoms with Crippen molar-refractivity contribution in [1.82, 2.24) is 10.2 Å². The smallest absolute Gasteiger partial charge is 0.223 e. The first-order chi connectivity index (χ1) is 13.7. The van der Waals surface area contributed by atoms with Crippen LogP contribution in [0.2, 0.25) is 0 Å². The van der Waals surface area contributed by atoms with E-state index in [0.717, 1.165) is 30.9 Å².